The molecule has 9 heteroatoms. The van der Waals surface area contributed by atoms with Crippen LogP contribution >= 0.6 is 0 Å². The Kier molecular flexibility index (Phi) is 6.30. The molecule has 0 aliphatic rings. The van der Waals surface area contributed by atoms with Gasteiger partial charge in [0.15, 0.2) is 0 Å². The molecule has 0 aliphatic carbocycles. The summed E-state index contributed by atoms with van der Waals surface area (Å²) in [5.74, 6) is 0. The van der Waals surface area contributed by atoms with E-state index < -0.39 is 12.2 Å². The van der Waals surface area contributed by atoms with Crippen LogP contribution in [0.15, 0.2) is 36.9 Å². The Morgan fingerprint density at radius 3 is 1.35 bits per heavy atom. The van der Waals surface area contributed by atoms with E-state index in [9.17, 15) is 9.59 Å². The van der Waals surface area contributed by atoms with E-state index in [2.05, 4.69) is 10.2 Å². The van der Waals surface area contributed by atoms with Crippen LogP contribution in [0.3, 0.4) is 0 Å². The maximum atomic E-state index is 9.96. The minimum atomic E-state index is -1.06. The molecular weight excluding hydrogens is 271 g/mol. The Bertz CT molecular complexity index is 410. The molecule has 0 fully saturated rings. The van der Waals surface area contributed by atoms with Gasteiger partial charge in [0.2, 0.25) is 0 Å². The summed E-state index contributed by atoms with van der Waals surface area (Å²) in [6.07, 6.45) is 3.43. The molecule has 2 N–H and O–H groups in total. The predicted octanol–water partition coefficient (Wildman–Crippen LogP) is 0.816. The molecule has 8 nitrogen and oxygen atoms in total. The summed E-state index contributed by atoms with van der Waals surface area (Å²) in [6, 6.07) is 3.10. The topological polar surface area (TPSA) is 110 Å². The Hall–Kier alpha value is -2.12. The van der Waals surface area contributed by atoms with Crippen molar-refractivity contribution in [1.82, 2.24) is 19.6 Å². The van der Waals surface area contributed by atoms with Crippen molar-refractivity contribution in [2.45, 2.75) is 0 Å². The predicted molar refractivity (Wildman–Crippen MR) is 51.3 cm³/mol. The summed E-state index contributed by atoms with van der Waals surface area (Å²) in [7, 11) is 0. The molecule has 2 aromatic rings. The van der Waals surface area contributed by atoms with E-state index in [4.69, 9.17) is 10.2 Å². The van der Waals surface area contributed by atoms with Crippen molar-refractivity contribution < 1.29 is 36.9 Å². The second-order valence-corrected chi connectivity index (χ2v) is 2.47. The third-order valence-corrected chi connectivity index (χ3v) is 1.40. The standard InChI is InChI=1S/2C4H4N2O2.Mn/c2*7-4(8)6-3-1-2-5-6;/h2*1-3H,(H,7,8);. The Labute approximate surface area is 106 Å². The number of carboxylic acid groups (broad SMARTS) is 2. The summed E-state index contributed by atoms with van der Waals surface area (Å²) < 4.78 is 1.67. The summed E-state index contributed by atoms with van der Waals surface area (Å²) >= 11 is 0. The molecule has 2 rings (SSSR count). The van der Waals surface area contributed by atoms with Gasteiger partial charge in [-0.3, -0.25) is 0 Å². The quantitative estimate of drug-likeness (QED) is 0.690. The van der Waals surface area contributed by atoms with E-state index in [1.54, 1.807) is 12.1 Å². The molecule has 0 bridgehead atoms. The van der Waals surface area contributed by atoms with Crippen molar-refractivity contribution in [3.63, 3.8) is 0 Å². The van der Waals surface area contributed by atoms with Crippen LogP contribution in [-0.2, 0) is 17.1 Å². The molecule has 1 radical (unpaired) electrons. The van der Waals surface area contributed by atoms with Crippen LogP contribution in [0.1, 0.15) is 0 Å². The van der Waals surface area contributed by atoms with Crippen LogP contribution in [0.25, 0.3) is 0 Å². The Balaban J connectivity index is 0.000000284. The molecular formula is C8H8MnN4O4. The molecule has 2 aromatic heterocycles. The molecule has 0 aromatic carbocycles. The first-order chi connectivity index (χ1) is 7.61. The second kappa shape index (κ2) is 7.20. The normalized spacial score (nSPS) is 8.47. The second-order valence-electron chi connectivity index (χ2n) is 2.47. The van der Waals surface area contributed by atoms with Gasteiger partial charge in [0.1, 0.15) is 0 Å². The molecule has 17 heavy (non-hydrogen) atoms. The Morgan fingerprint density at radius 2 is 1.24 bits per heavy atom. The molecule has 0 amide bonds. The third kappa shape index (κ3) is 4.96. The molecule has 0 spiro atoms. The van der Waals surface area contributed by atoms with Gasteiger partial charge in [-0.2, -0.15) is 19.6 Å². The van der Waals surface area contributed by atoms with E-state index in [0.717, 1.165) is 9.36 Å². The van der Waals surface area contributed by atoms with Gasteiger partial charge in [-0.1, -0.05) is 0 Å². The largest absolute Gasteiger partial charge is 0.463 e. The van der Waals surface area contributed by atoms with Gasteiger partial charge in [0, 0.05) is 41.9 Å². The third-order valence-electron chi connectivity index (χ3n) is 1.40. The monoisotopic (exact) mass is 279 g/mol. The van der Waals surface area contributed by atoms with Gasteiger partial charge in [-0.05, 0) is 12.1 Å². The summed E-state index contributed by atoms with van der Waals surface area (Å²) in [6.45, 7) is 0. The van der Waals surface area contributed by atoms with Crippen LogP contribution in [0.2, 0.25) is 0 Å². The first-order valence-corrected chi connectivity index (χ1v) is 4.07. The fourth-order valence-electron chi connectivity index (χ4n) is 0.764. The van der Waals surface area contributed by atoms with Gasteiger partial charge >= 0.3 is 12.2 Å². The smallest absolute Gasteiger partial charge is 0.432 e. The van der Waals surface area contributed by atoms with E-state index in [-0.39, 0.29) is 17.1 Å². The minimum absolute atomic E-state index is 0. The maximum absolute atomic E-state index is 9.96. The summed E-state index contributed by atoms with van der Waals surface area (Å²) in [4.78, 5) is 19.9. The summed E-state index contributed by atoms with van der Waals surface area (Å²) in [5.41, 5.74) is 0. The van der Waals surface area contributed by atoms with Gasteiger partial charge in [0.05, 0.1) is 0 Å². The molecule has 0 unspecified atom stereocenters. The van der Waals surface area contributed by atoms with Gasteiger partial charge in [-0.25, -0.2) is 9.59 Å². The number of hydrogen-bond donors (Lipinski definition) is 2. The maximum Gasteiger partial charge on any atom is 0.432 e. The molecule has 0 atom stereocenters. The number of carbonyl (C=O) groups is 2. The molecule has 0 saturated carbocycles. The number of nitrogens with zero attached hydrogens (tertiary/aromatic N) is 4. The van der Waals surface area contributed by atoms with E-state index in [1.165, 1.54) is 24.8 Å². The average Bonchev–Trinajstić information content (AvgIpc) is 2.93. The van der Waals surface area contributed by atoms with E-state index >= 15 is 0 Å². The fraction of sp³-hybridized carbons (Fsp3) is 0. The van der Waals surface area contributed by atoms with Crippen molar-refractivity contribution in [2.24, 2.45) is 0 Å². The SMILES string of the molecule is O=C(O)n1cccn1.O=C(O)n1cccn1.[Mn]. The van der Waals surface area contributed by atoms with Crippen LogP contribution < -0.4 is 0 Å². The molecule has 91 valence electrons. The number of hydrogen-bond acceptors (Lipinski definition) is 4. The van der Waals surface area contributed by atoms with Crippen LogP contribution in [0, 0.1) is 0 Å². The Morgan fingerprint density at radius 1 is 0.882 bits per heavy atom. The van der Waals surface area contributed by atoms with Gasteiger partial charge in [-0.15, -0.1) is 0 Å². The van der Waals surface area contributed by atoms with E-state index in [1.807, 2.05) is 0 Å². The van der Waals surface area contributed by atoms with Gasteiger partial charge < -0.3 is 10.2 Å². The van der Waals surface area contributed by atoms with Crippen molar-refractivity contribution in [1.29, 1.82) is 0 Å². The van der Waals surface area contributed by atoms with Crippen molar-refractivity contribution >= 4 is 12.2 Å². The van der Waals surface area contributed by atoms with Crippen LogP contribution in [0.4, 0.5) is 9.59 Å². The van der Waals surface area contributed by atoms with Crippen molar-refractivity contribution in [3.05, 3.63) is 36.9 Å². The zero-order valence-corrected chi connectivity index (χ0v) is 9.52. The zero-order chi connectivity index (χ0) is 12.0. The first-order valence-electron chi connectivity index (χ1n) is 4.07. The van der Waals surface area contributed by atoms with E-state index in [0.29, 0.717) is 0 Å². The van der Waals surface area contributed by atoms with Crippen molar-refractivity contribution in [3.8, 4) is 0 Å². The first kappa shape index (κ1) is 14.9. The van der Waals surface area contributed by atoms with Crippen molar-refractivity contribution in [2.75, 3.05) is 0 Å². The number of aromatic nitrogens is 4. The average molecular weight is 279 g/mol. The number of rotatable bonds is 0. The minimum Gasteiger partial charge on any atom is -0.463 e. The molecule has 0 aliphatic heterocycles. The summed E-state index contributed by atoms with van der Waals surface area (Å²) in [5, 5.41) is 23.2. The van der Waals surface area contributed by atoms with Gasteiger partial charge in [0.25, 0.3) is 0 Å². The fourth-order valence-corrected chi connectivity index (χ4v) is 0.764. The van der Waals surface area contributed by atoms with Crippen LogP contribution in [0.5, 0.6) is 0 Å². The zero-order valence-electron chi connectivity index (χ0n) is 8.34. The van der Waals surface area contributed by atoms with Crippen LogP contribution in [-0.4, -0.2) is 42.0 Å². The molecule has 2 heterocycles. The molecule has 0 saturated heterocycles.